The Hall–Kier alpha value is -2.63. The van der Waals surface area contributed by atoms with Crippen LogP contribution < -0.4 is 10.2 Å². The van der Waals surface area contributed by atoms with Gasteiger partial charge in [-0.15, -0.1) is 0 Å². The Morgan fingerprint density at radius 1 is 1.08 bits per heavy atom. The lowest BCUT2D eigenvalue weighted by Gasteiger charge is -2.22. The van der Waals surface area contributed by atoms with Gasteiger partial charge in [0, 0.05) is 29.9 Å². The van der Waals surface area contributed by atoms with Crippen molar-refractivity contribution in [2.45, 2.75) is 13.0 Å². The lowest BCUT2D eigenvalue weighted by molar-refractivity contribution is 0.191. The molecule has 2 N–H and O–H groups in total. The first-order chi connectivity index (χ1) is 12.7. The molecule has 0 fully saturated rings. The number of anilines is 3. The summed E-state index contributed by atoms with van der Waals surface area (Å²) in [6.45, 7) is 3.20. The zero-order valence-electron chi connectivity index (χ0n) is 14.5. The largest absolute Gasteiger partial charge is 0.387 e. The van der Waals surface area contributed by atoms with Crippen LogP contribution in [-0.2, 0) is 0 Å². The van der Waals surface area contributed by atoms with Crippen LogP contribution in [0.5, 0.6) is 0 Å². The van der Waals surface area contributed by atoms with Crippen LogP contribution in [0.4, 0.5) is 17.3 Å². The van der Waals surface area contributed by atoms with Gasteiger partial charge in [0.25, 0.3) is 0 Å². The highest BCUT2D eigenvalue weighted by atomic mass is 35.5. The Bertz CT molecular complexity index is 827. The minimum Gasteiger partial charge on any atom is -0.387 e. The second-order valence-corrected chi connectivity index (χ2v) is 6.23. The van der Waals surface area contributed by atoms with E-state index in [9.17, 15) is 5.11 Å². The number of benzene rings is 2. The third-order valence-electron chi connectivity index (χ3n) is 4.04. The molecule has 0 spiro atoms. The van der Waals surface area contributed by atoms with Crippen LogP contribution in [0.3, 0.4) is 0 Å². The molecule has 5 nitrogen and oxygen atoms in total. The fraction of sp³-hybridized carbons (Fsp3) is 0.200. The van der Waals surface area contributed by atoms with E-state index in [1.807, 2.05) is 48.5 Å². The Kier molecular flexibility index (Phi) is 6.04. The highest BCUT2D eigenvalue weighted by Crippen LogP contribution is 2.24. The van der Waals surface area contributed by atoms with Crippen molar-refractivity contribution in [3.8, 4) is 0 Å². The third kappa shape index (κ3) is 4.50. The predicted octanol–water partition coefficient (Wildman–Crippen LogP) is 4.43. The number of halogens is 1. The predicted molar refractivity (Wildman–Crippen MR) is 106 cm³/mol. The summed E-state index contributed by atoms with van der Waals surface area (Å²) >= 11 is 5.88. The Balaban J connectivity index is 1.70. The summed E-state index contributed by atoms with van der Waals surface area (Å²) in [5, 5.41) is 14.1. The number of hydrogen-bond acceptors (Lipinski definition) is 5. The first-order valence-corrected chi connectivity index (χ1v) is 8.87. The van der Waals surface area contributed by atoms with Gasteiger partial charge in [0.1, 0.15) is 18.0 Å². The van der Waals surface area contributed by atoms with E-state index < -0.39 is 6.10 Å². The van der Waals surface area contributed by atoms with E-state index in [2.05, 4.69) is 27.1 Å². The molecule has 0 amide bonds. The summed E-state index contributed by atoms with van der Waals surface area (Å²) in [6.07, 6.45) is 0.875. The summed E-state index contributed by atoms with van der Waals surface area (Å²) in [5.41, 5.74) is 1.87. The van der Waals surface area contributed by atoms with E-state index in [4.69, 9.17) is 11.6 Å². The molecule has 0 aliphatic carbocycles. The number of rotatable bonds is 7. The first-order valence-electron chi connectivity index (χ1n) is 8.49. The van der Waals surface area contributed by atoms with Crippen LogP contribution in [0.2, 0.25) is 5.02 Å². The van der Waals surface area contributed by atoms with Crippen molar-refractivity contribution >= 4 is 28.9 Å². The highest BCUT2D eigenvalue weighted by molar-refractivity contribution is 6.30. The van der Waals surface area contributed by atoms with Gasteiger partial charge in [-0.25, -0.2) is 9.97 Å². The minimum atomic E-state index is -0.651. The monoisotopic (exact) mass is 368 g/mol. The second-order valence-electron chi connectivity index (χ2n) is 5.79. The van der Waals surface area contributed by atoms with Crippen LogP contribution in [0, 0.1) is 0 Å². The summed E-state index contributed by atoms with van der Waals surface area (Å²) in [6, 6.07) is 19.1. The van der Waals surface area contributed by atoms with Crippen molar-refractivity contribution < 1.29 is 5.11 Å². The third-order valence-corrected chi connectivity index (χ3v) is 4.30. The minimum absolute atomic E-state index is 0.343. The molecule has 134 valence electrons. The van der Waals surface area contributed by atoms with Crippen molar-refractivity contribution in [2.75, 3.05) is 23.3 Å². The topological polar surface area (TPSA) is 61.3 Å². The van der Waals surface area contributed by atoms with Gasteiger partial charge in [-0.05, 0) is 36.8 Å². The molecule has 26 heavy (non-hydrogen) atoms. The molecule has 0 saturated carbocycles. The molecule has 3 rings (SSSR count). The summed E-state index contributed by atoms with van der Waals surface area (Å²) < 4.78 is 0. The number of aliphatic hydroxyl groups is 1. The standard InChI is InChI=1S/C20H21ClN4O/c1-2-25(17-6-4-3-5-7-17)20-12-19(23-14-24-20)22-13-18(26)15-8-10-16(21)11-9-15/h3-12,14,18,26H,2,13H2,1H3,(H,22,23,24)/t18-/m0/s1. The van der Waals surface area contributed by atoms with Crippen molar-refractivity contribution in [2.24, 2.45) is 0 Å². The van der Waals surface area contributed by atoms with E-state index in [0.29, 0.717) is 17.4 Å². The molecule has 1 atom stereocenters. The fourth-order valence-electron chi connectivity index (χ4n) is 2.68. The Labute approximate surface area is 158 Å². The molecule has 0 radical (unpaired) electrons. The van der Waals surface area contributed by atoms with E-state index in [-0.39, 0.29) is 0 Å². The Morgan fingerprint density at radius 2 is 1.81 bits per heavy atom. The molecule has 0 unspecified atom stereocenters. The molecule has 3 aromatic rings. The average Bonchev–Trinajstić information content (AvgIpc) is 2.68. The van der Waals surface area contributed by atoms with Gasteiger partial charge < -0.3 is 15.3 Å². The summed E-state index contributed by atoms with van der Waals surface area (Å²) in [5.74, 6) is 1.47. The van der Waals surface area contributed by atoms with Crippen LogP contribution in [0.25, 0.3) is 0 Å². The van der Waals surface area contributed by atoms with E-state index >= 15 is 0 Å². The van der Waals surface area contributed by atoms with Gasteiger partial charge in [-0.2, -0.15) is 0 Å². The van der Waals surface area contributed by atoms with Crippen molar-refractivity contribution in [3.05, 3.63) is 77.6 Å². The van der Waals surface area contributed by atoms with Gasteiger partial charge in [0.05, 0.1) is 6.10 Å². The van der Waals surface area contributed by atoms with Crippen molar-refractivity contribution in [1.82, 2.24) is 9.97 Å². The first kappa shape index (κ1) is 18.2. The summed E-state index contributed by atoms with van der Waals surface area (Å²) in [4.78, 5) is 10.7. The van der Waals surface area contributed by atoms with Gasteiger partial charge in [0.2, 0.25) is 0 Å². The number of para-hydroxylation sites is 1. The molecule has 1 aromatic heterocycles. The van der Waals surface area contributed by atoms with E-state index in [1.165, 1.54) is 6.33 Å². The van der Waals surface area contributed by atoms with Crippen LogP contribution in [0.15, 0.2) is 67.0 Å². The molecular weight excluding hydrogens is 348 g/mol. The van der Waals surface area contributed by atoms with Gasteiger partial charge >= 0.3 is 0 Å². The zero-order valence-corrected chi connectivity index (χ0v) is 15.3. The maximum atomic E-state index is 10.3. The molecule has 1 heterocycles. The summed E-state index contributed by atoms with van der Waals surface area (Å²) in [7, 11) is 0. The molecule has 6 heteroatoms. The van der Waals surface area contributed by atoms with Crippen molar-refractivity contribution in [1.29, 1.82) is 0 Å². The van der Waals surface area contributed by atoms with Crippen molar-refractivity contribution in [3.63, 3.8) is 0 Å². The number of nitrogens with zero attached hydrogens (tertiary/aromatic N) is 3. The number of hydrogen-bond donors (Lipinski definition) is 2. The fourth-order valence-corrected chi connectivity index (χ4v) is 2.81. The lowest BCUT2D eigenvalue weighted by Crippen LogP contribution is -2.18. The van der Waals surface area contributed by atoms with Gasteiger partial charge in [0.15, 0.2) is 0 Å². The molecular formula is C20H21ClN4O. The smallest absolute Gasteiger partial charge is 0.138 e. The zero-order chi connectivity index (χ0) is 18.4. The molecule has 0 aliphatic heterocycles. The normalized spacial score (nSPS) is 11.8. The second kappa shape index (κ2) is 8.65. The molecule has 0 saturated heterocycles. The number of nitrogens with one attached hydrogen (secondary N) is 1. The molecule has 0 aliphatic rings. The quantitative estimate of drug-likeness (QED) is 0.645. The molecule has 2 aromatic carbocycles. The van der Waals surface area contributed by atoms with Crippen LogP contribution in [0.1, 0.15) is 18.6 Å². The lowest BCUT2D eigenvalue weighted by atomic mass is 10.1. The maximum absolute atomic E-state index is 10.3. The number of aliphatic hydroxyl groups excluding tert-OH is 1. The number of aromatic nitrogens is 2. The SMILES string of the molecule is CCN(c1ccccc1)c1cc(NC[C@H](O)c2ccc(Cl)cc2)ncn1. The van der Waals surface area contributed by atoms with Crippen LogP contribution >= 0.6 is 11.6 Å². The van der Waals surface area contributed by atoms with Crippen LogP contribution in [-0.4, -0.2) is 28.2 Å². The van der Waals surface area contributed by atoms with E-state index in [0.717, 1.165) is 23.6 Å². The van der Waals surface area contributed by atoms with Gasteiger partial charge in [-0.1, -0.05) is 41.9 Å². The maximum Gasteiger partial charge on any atom is 0.138 e. The van der Waals surface area contributed by atoms with Gasteiger partial charge in [-0.3, -0.25) is 0 Å². The van der Waals surface area contributed by atoms with E-state index in [1.54, 1.807) is 12.1 Å². The molecule has 0 bridgehead atoms. The Morgan fingerprint density at radius 3 is 2.50 bits per heavy atom. The average molecular weight is 369 g/mol. The highest BCUT2D eigenvalue weighted by Gasteiger charge is 2.11.